The summed E-state index contributed by atoms with van der Waals surface area (Å²) in [7, 11) is 4.65. The van der Waals surface area contributed by atoms with Crippen LogP contribution in [-0.4, -0.2) is 49.6 Å². The third-order valence-electron chi connectivity index (χ3n) is 2.99. The van der Waals surface area contributed by atoms with Gasteiger partial charge in [0.1, 0.15) is 5.82 Å². The van der Waals surface area contributed by atoms with Crippen LogP contribution in [0.3, 0.4) is 0 Å². The quantitative estimate of drug-likeness (QED) is 0.675. The SMILES string of the molecule is COc1cc(Nc2nccc(NCCO)n2)cc(OC)c1OC. The van der Waals surface area contributed by atoms with E-state index in [1.54, 1.807) is 45.7 Å². The van der Waals surface area contributed by atoms with Crippen molar-refractivity contribution in [1.29, 1.82) is 0 Å². The minimum atomic E-state index is 0.0274. The highest BCUT2D eigenvalue weighted by Crippen LogP contribution is 2.40. The van der Waals surface area contributed by atoms with E-state index >= 15 is 0 Å². The van der Waals surface area contributed by atoms with E-state index in [4.69, 9.17) is 19.3 Å². The second-order valence-corrected chi connectivity index (χ2v) is 4.45. The smallest absolute Gasteiger partial charge is 0.229 e. The van der Waals surface area contributed by atoms with Gasteiger partial charge in [-0.3, -0.25) is 0 Å². The first-order chi connectivity index (χ1) is 11.2. The van der Waals surface area contributed by atoms with Crippen molar-refractivity contribution in [3.05, 3.63) is 24.4 Å². The van der Waals surface area contributed by atoms with Crippen molar-refractivity contribution in [3.8, 4) is 17.2 Å². The molecule has 2 aromatic rings. The van der Waals surface area contributed by atoms with Crippen LogP contribution >= 0.6 is 0 Å². The Bertz CT molecular complexity index is 626. The molecule has 1 aromatic heterocycles. The second kappa shape index (κ2) is 8.04. The molecule has 8 nitrogen and oxygen atoms in total. The van der Waals surface area contributed by atoms with E-state index in [0.29, 0.717) is 41.2 Å². The first-order valence-electron chi connectivity index (χ1n) is 6.96. The topological polar surface area (TPSA) is 97.8 Å². The van der Waals surface area contributed by atoms with Gasteiger partial charge in [0.15, 0.2) is 11.5 Å². The molecule has 0 aliphatic carbocycles. The molecule has 3 N–H and O–H groups in total. The zero-order valence-electron chi connectivity index (χ0n) is 13.3. The monoisotopic (exact) mass is 320 g/mol. The Morgan fingerprint density at radius 3 is 2.35 bits per heavy atom. The summed E-state index contributed by atoms with van der Waals surface area (Å²) < 4.78 is 15.9. The van der Waals surface area contributed by atoms with Crippen molar-refractivity contribution in [2.24, 2.45) is 0 Å². The zero-order valence-corrected chi connectivity index (χ0v) is 13.3. The van der Waals surface area contributed by atoms with Crippen LogP contribution < -0.4 is 24.8 Å². The lowest BCUT2D eigenvalue weighted by Gasteiger charge is -2.14. The molecule has 0 radical (unpaired) electrons. The van der Waals surface area contributed by atoms with Crippen molar-refractivity contribution in [2.45, 2.75) is 0 Å². The average Bonchev–Trinajstić information content (AvgIpc) is 2.59. The Morgan fingerprint density at radius 2 is 1.78 bits per heavy atom. The van der Waals surface area contributed by atoms with E-state index in [2.05, 4.69) is 20.6 Å². The van der Waals surface area contributed by atoms with E-state index < -0.39 is 0 Å². The molecule has 2 rings (SSSR count). The summed E-state index contributed by atoms with van der Waals surface area (Å²) >= 11 is 0. The summed E-state index contributed by atoms with van der Waals surface area (Å²) in [6.07, 6.45) is 1.62. The number of nitrogens with zero attached hydrogens (tertiary/aromatic N) is 2. The molecular weight excluding hydrogens is 300 g/mol. The second-order valence-electron chi connectivity index (χ2n) is 4.45. The van der Waals surface area contributed by atoms with E-state index in [9.17, 15) is 0 Å². The number of aliphatic hydroxyl groups is 1. The number of benzene rings is 1. The molecule has 0 amide bonds. The van der Waals surface area contributed by atoms with E-state index in [1.165, 1.54) is 0 Å². The highest BCUT2D eigenvalue weighted by molar-refractivity contribution is 5.66. The van der Waals surface area contributed by atoms with Gasteiger partial charge in [-0.1, -0.05) is 0 Å². The Balaban J connectivity index is 2.26. The standard InChI is InChI=1S/C15H20N4O4/c1-21-11-8-10(9-12(22-2)14(11)23-3)18-15-17-5-4-13(19-15)16-6-7-20/h4-5,8-9,20H,6-7H2,1-3H3,(H2,16,17,18,19). The molecule has 8 heteroatoms. The molecule has 0 aliphatic rings. The number of ether oxygens (including phenoxy) is 3. The van der Waals surface area contributed by atoms with Crippen molar-refractivity contribution in [2.75, 3.05) is 45.1 Å². The summed E-state index contributed by atoms with van der Waals surface area (Å²) in [6.45, 7) is 0.445. The molecule has 0 bridgehead atoms. The lowest BCUT2D eigenvalue weighted by atomic mass is 10.2. The first-order valence-corrected chi connectivity index (χ1v) is 6.96. The molecule has 0 atom stereocenters. The van der Waals surface area contributed by atoms with Crippen LogP contribution in [0, 0.1) is 0 Å². The molecule has 124 valence electrons. The number of rotatable bonds is 8. The number of methoxy groups -OCH3 is 3. The highest BCUT2D eigenvalue weighted by atomic mass is 16.5. The lowest BCUT2D eigenvalue weighted by molar-refractivity contribution is 0.311. The predicted molar refractivity (Wildman–Crippen MR) is 87.0 cm³/mol. The Labute approximate surface area is 134 Å². The van der Waals surface area contributed by atoms with Crippen LogP contribution in [-0.2, 0) is 0 Å². The first kappa shape index (κ1) is 16.6. The van der Waals surface area contributed by atoms with E-state index in [0.717, 1.165) is 0 Å². The Kier molecular flexibility index (Phi) is 5.81. The molecule has 0 aliphatic heterocycles. The highest BCUT2D eigenvalue weighted by Gasteiger charge is 2.13. The Hall–Kier alpha value is -2.74. The van der Waals surface area contributed by atoms with Crippen LogP contribution in [0.5, 0.6) is 17.2 Å². The Morgan fingerprint density at radius 1 is 1.09 bits per heavy atom. The van der Waals surface area contributed by atoms with Gasteiger partial charge >= 0.3 is 0 Å². The fourth-order valence-corrected chi connectivity index (χ4v) is 1.98. The lowest BCUT2D eigenvalue weighted by Crippen LogP contribution is -2.08. The fourth-order valence-electron chi connectivity index (χ4n) is 1.98. The molecule has 0 saturated carbocycles. The minimum absolute atomic E-state index is 0.0274. The molecule has 1 aromatic carbocycles. The molecular formula is C15H20N4O4. The maximum absolute atomic E-state index is 8.84. The van der Waals surface area contributed by atoms with Crippen molar-refractivity contribution >= 4 is 17.5 Å². The van der Waals surface area contributed by atoms with Gasteiger partial charge < -0.3 is 30.0 Å². The van der Waals surface area contributed by atoms with Crippen molar-refractivity contribution in [3.63, 3.8) is 0 Å². The van der Waals surface area contributed by atoms with Gasteiger partial charge in [0.2, 0.25) is 11.7 Å². The van der Waals surface area contributed by atoms with Crippen molar-refractivity contribution < 1.29 is 19.3 Å². The number of nitrogens with one attached hydrogen (secondary N) is 2. The van der Waals surface area contributed by atoms with Gasteiger partial charge in [-0.15, -0.1) is 0 Å². The van der Waals surface area contributed by atoms with Crippen LogP contribution in [0.1, 0.15) is 0 Å². The molecule has 23 heavy (non-hydrogen) atoms. The van der Waals surface area contributed by atoms with Gasteiger partial charge in [0.25, 0.3) is 0 Å². The van der Waals surface area contributed by atoms with Gasteiger partial charge in [-0.25, -0.2) is 4.98 Å². The maximum Gasteiger partial charge on any atom is 0.229 e. The summed E-state index contributed by atoms with van der Waals surface area (Å²) in [5.41, 5.74) is 0.693. The van der Waals surface area contributed by atoms with Gasteiger partial charge in [0, 0.05) is 30.6 Å². The fraction of sp³-hybridized carbons (Fsp3) is 0.333. The van der Waals surface area contributed by atoms with E-state index in [-0.39, 0.29) is 6.61 Å². The normalized spacial score (nSPS) is 10.1. The molecule has 0 saturated heterocycles. The summed E-state index contributed by atoms with van der Waals surface area (Å²) in [6, 6.07) is 5.24. The summed E-state index contributed by atoms with van der Waals surface area (Å²) in [5.74, 6) is 2.60. The molecule has 1 heterocycles. The van der Waals surface area contributed by atoms with Gasteiger partial charge in [-0.05, 0) is 6.07 Å². The number of aromatic nitrogens is 2. The number of hydrogen-bond donors (Lipinski definition) is 3. The predicted octanol–water partition coefficient (Wildman–Crippen LogP) is 1.65. The summed E-state index contributed by atoms with van der Waals surface area (Å²) in [4.78, 5) is 8.46. The number of hydrogen-bond acceptors (Lipinski definition) is 8. The zero-order chi connectivity index (χ0) is 16.7. The third-order valence-corrected chi connectivity index (χ3v) is 2.99. The maximum atomic E-state index is 8.84. The average molecular weight is 320 g/mol. The molecule has 0 spiro atoms. The van der Waals surface area contributed by atoms with Crippen molar-refractivity contribution in [1.82, 2.24) is 9.97 Å². The summed E-state index contributed by atoms with van der Waals surface area (Å²) in [5, 5.41) is 14.9. The number of aliphatic hydroxyl groups excluding tert-OH is 1. The molecule has 0 unspecified atom stereocenters. The van der Waals surface area contributed by atoms with Crippen LogP contribution in [0.25, 0.3) is 0 Å². The largest absolute Gasteiger partial charge is 0.493 e. The van der Waals surface area contributed by atoms with Crippen LogP contribution in [0.15, 0.2) is 24.4 Å². The van der Waals surface area contributed by atoms with Gasteiger partial charge in [0.05, 0.1) is 27.9 Å². The van der Waals surface area contributed by atoms with Gasteiger partial charge in [-0.2, -0.15) is 4.98 Å². The van der Waals surface area contributed by atoms with Crippen LogP contribution in [0.4, 0.5) is 17.5 Å². The number of anilines is 3. The van der Waals surface area contributed by atoms with Crippen LogP contribution in [0.2, 0.25) is 0 Å². The third kappa shape index (κ3) is 4.13. The molecule has 0 fully saturated rings. The minimum Gasteiger partial charge on any atom is -0.493 e. The van der Waals surface area contributed by atoms with E-state index in [1.807, 2.05) is 0 Å².